The molecule has 0 saturated heterocycles. The summed E-state index contributed by atoms with van der Waals surface area (Å²) < 4.78 is 32.3. The van der Waals surface area contributed by atoms with Gasteiger partial charge in [0.25, 0.3) is 0 Å². The first-order chi connectivity index (χ1) is 23.3. The summed E-state index contributed by atoms with van der Waals surface area (Å²) in [6.07, 6.45) is 29.4. The van der Waals surface area contributed by atoms with Gasteiger partial charge in [-0.05, 0) is 38.5 Å². The molecule has 0 aliphatic carbocycles. The Morgan fingerprint density at radius 1 is 0.542 bits per heavy atom. The molecule has 10 nitrogen and oxygen atoms in total. The highest BCUT2D eigenvalue weighted by Gasteiger charge is 2.27. The van der Waals surface area contributed by atoms with Crippen molar-refractivity contribution >= 4 is 19.8 Å². The number of ether oxygens (including phenoxy) is 2. The number of allylic oxidation sites excluding steroid dienone is 2. The molecule has 0 fully saturated rings. The maximum absolute atomic E-state index is 12.2. The standard InChI is InChI=1S/C37H71O10P/c1-3-5-7-9-11-12-13-14-15-16-17-18-19-20-21-22-23-25-27-29-37(41)47-35(31-39)33-45-48(42,43)44-32-34(30-38)46-36(40)28-26-24-10-8-6-4-2/h14-15,34-35,38-39H,3-13,16-33H2,1-2H3,(H,42,43)/b15-14-. The van der Waals surface area contributed by atoms with E-state index in [1.165, 1.54) is 83.5 Å². The summed E-state index contributed by atoms with van der Waals surface area (Å²) in [4.78, 5) is 34.1. The van der Waals surface area contributed by atoms with E-state index >= 15 is 0 Å². The van der Waals surface area contributed by atoms with Crippen molar-refractivity contribution in [2.45, 2.75) is 187 Å². The molecule has 11 heteroatoms. The molecule has 0 radical (unpaired) electrons. The van der Waals surface area contributed by atoms with Crippen LogP contribution in [0.1, 0.15) is 174 Å². The van der Waals surface area contributed by atoms with Gasteiger partial charge in [0.15, 0.2) is 0 Å². The lowest BCUT2D eigenvalue weighted by Gasteiger charge is -2.20. The van der Waals surface area contributed by atoms with Crippen LogP contribution in [0.2, 0.25) is 0 Å². The molecule has 0 aliphatic rings. The van der Waals surface area contributed by atoms with Crippen LogP contribution in [0.3, 0.4) is 0 Å². The summed E-state index contributed by atoms with van der Waals surface area (Å²) in [5, 5.41) is 19.0. The van der Waals surface area contributed by atoms with Crippen molar-refractivity contribution < 1.29 is 47.8 Å². The van der Waals surface area contributed by atoms with Crippen LogP contribution in [0.15, 0.2) is 12.2 Å². The molecule has 0 aromatic rings. The SMILES string of the molecule is CCCCCCCC/C=C\CCCCCCCCCCCC(=O)OC(CO)COP(=O)(O)OCC(CO)OC(=O)CCCCCCCC. The van der Waals surface area contributed by atoms with Crippen LogP contribution >= 0.6 is 7.82 Å². The van der Waals surface area contributed by atoms with Gasteiger partial charge in [-0.15, -0.1) is 0 Å². The van der Waals surface area contributed by atoms with Gasteiger partial charge in [-0.25, -0.2) is 4.57 Å². The molecule has 0 aromatic heterocycles. The smallest absolute Gasteiger partial charge is 0.457 e. The summed E-state index contributed by atoms with van der Waals surface area (Å²) in [7, 11) is -4.62. The molecule has 3 atom stereocenters. The molecule has 0 aromatic carbocycles. The Morgan fingerprint density at radius 2 is 0.854 bits per heavy atom. The number of hydrogen-bond acceptors (Lipinski definition) is 9. The van der Waals surface area contributed by atoms with Gasteiger partial charge in [0.1, 0.15) is 12.2 Å². The molecule has 0 amide bonds. The van der Waals surface area contributed by atoms with Crippen molar-refractivity contribution in [1.29, 1.82) is 0 Å². The van der Waals surface area contributed by atoms with E-state index in [1.807, 2.05) is 0 Å². The number of rotatable bonds is 36. The maximum atomic E-state index is 12.2. The van der Waals surface area contributed by atoms with Crippen LogP contribution < -0.4 is 0 Å². The minimum Gasteiger partial charge on any atom is -0.457 e. The lowest BCUT2D eigenvalue weighted by Crippen LogP contribution is -2.28. The maximum Gasteiger partial charge on any atom is 0.472 e. The van der Waals surface area contributed by atoms with Crippen LogP contribution in [0.4, 0.5) is 0 Å². The summed E-state index contributed by atoms with van der Waals surface area (Å²) in [5.74, 6) is -1.03. The fourth-order valence-electron chi connectivity index (χ4n) is 5.23. The monoisotopic (exact) mass is 706 g/mol. The van der Waals surface area contributed by atoms with Crippen LogP contribution in [0, 0.1) is 0 Å². The van der Waals surface area contributed by atoms with Crippen LogP contribution in [0.5, 0.6) is 0 Å². The van der Waals surface area contributed by atoms with Crippen molar-refractivity contribution in [1.82, 2.24) is 0 Å². The highest BCUT2D eigenvalue weighted by molar-refractivity contribution is 7.47. The van der Waals surface area contributed by atoms with Gasteiger partial charge in [-0.3, -0.25) is 18.6 Å². The Balaban J connectivity index is 3.88. The van der Waals surface area contributed by atoms with Crippen molar-refractivity contribution in [3.63, 3.8) is 0 Å². The Hall–Kier alpha value is -1.29. The molecule has 0 saturated carbocycles. The largest absolute Gasteiger partial charge is 0.472 e. The molecule has 3 N–H and O–H groups in total. The third-order valence-electron chi connectivity index (χ3n) is 8.23. The van der Waals surface area contributed by atoms with E-state index in [0.717, 1.165) is 51.4 Å². The number of aliphatic hydroxyl groups is 2. The molecule has 0 rings (SSSR count). The number of carbonyl (C=O) groups excluding carboxylic acids is 2. The van der Waals surface area contributed by atoms with Crippen LogP contribution in [0.25, 0.3) is 0 Å². The number of phosphoric acid groups is 1. The highest BCUT2D eigenvalue weighted by atomic mass is 31.2. The van der Waals surface area contributed by atoms with Gasteiger partial charge in [0.2, 0.25) is 0 Å². The molecule has 48 heavy (non-hydrogen) atoms. The molecule has 0 heterocycles. The summed E-state index contributed by atoms with van der Waals surface area (Å²) in [6.45, 7) is 2.12. The Labute approximate surface area is 292 Å². The average molecular weight is 707 g/mol. The van der Waals surface area contributed by atoms with Crippen LogP contribution in [-0.4, -0.2) is 65.7 Å². The van der Waals surface area contributed by atoms with E-state index < -0.39 is 58.4 Å². The zero-order valence-corrected chi connectivity index (χ0v) is 31.4. The Morgan fingerprint density at radius 3 is 1.19 bits per heavy atom. The van der Waals surface area contributed by atoms with Gasteiger partial charge in [0, 0.05) is 12.8 Å². The second-order valence-corrected chi connectivity index (χ2v) is 14.4. The van der Waals surface area contributed by atoms with Gasteiger partial charge in [0.05, 0.1) is 26.4 Å². The predicted octanol–water partition coefficient (Wildman–Crippen LogP) is 9.28. The van der Waals surface area contributed by atoms with Crippen LogP contribution in [-0.2, 0) is 32.7 Å². The topological polar surface area (TPSA) is 149 Å². The normalized spacial score (nSPS) is 14.2. The predicted molar refractivity (Wildman–Crippen MR) is 192 cm³/mol. The summed E-state index contributed by atoms with van der Waals surface area (Å²) >= 11 is 0. The van der Waals surface area contributed by atoms with E-state index in [9.17, 15) is 29.3 Å². The van der Waals surface area contributed by atoms with Crippen molar-refractivity contribution in [2.75, 3.05) is 26.4 Å². The third kappa shape index (κ3) is 31.9. The van der Waals surface area contributed by atoms with E-state index in [0.29, 0.717) is 12.8 Å². The van der Waals surface area contributed by atoms with Gasteiger partial charge in [-0.2, -0.15) is 0 Å². The third-order valence-corrected chi connectivity index (χ3v) is 9.18. The van der Waals surface area contributed by atoms with Gasteiger partial charge >= 0.3 is 19.8 Å². The first-order valence-corrected chi connectivity index (χ1v) is 20.6. The molecule has 0 aliphatic heterocycles. The molecule has 284 valence electrons. The van der Waals surface area contributed by atoms with E-state index in [2.05, 4.69) is 26.0 Å². The first-order valence-electron chi connectivity index (χ1n) is 19.1. The van der Waals surface area contributed by atoms with Crippen molar-refractivity contribution in [3.8, 4) is 0 Å². The number of unbranched alkanes of at least 4 members (excludes halogenated alkanes) is 20. The number of phosphoric ester groups is 1. The highest BCUT2D eigenvalue weighted by Crippen LogP contribution is 2.43. The molecular formula is C37H71O10P. The van der Waals surface area contributed by atoms with Crippen molar-refractivity contribution in [2.24, 2.45) is 0 Å². The van der Waals surface area contributed by atoms with E-state index in [1.54, 1.807) is 0 Å². The fraction of sp³-hybridized carbons (Fsp3) is 0.892. The molecule has 0 bridgehead atoms. The quantitative estimate of drug-likeness (QED) is 0.0249. The minimum atomic E-state index is -4.62. The van der Waals surface area contributed by atoms with Gasteiger partial charge < -0.3 is 24.6 Å². The summed E-state index contributed by atoms with van der Waals surface area (Å²) in [5.41, 5.74) is 0. The molecular weight excluding hydrogens is 635 g/mol. The first kappa shape index (κ1) is 46.7. The molecule has 0 spiro atoms. The number of carbonyl (C=O) groups is 2. The Bertz CT molecular complexity index is 822. The minimum absolute atomic E-state index is 0.192. The average Bonchev–Trinajstić information content (AvgIpc) is 3.07. The number of aliphatic hydroxyl groups excluding tert-OH is 2. The van der Waals surface area contributed by atoms with E-state index in [-0.39, 0.29) is 12.8 Å². The zero-order valence-electron chi connectivity index (χ0n) is 30.5. The van der Waals surface area contributed by atoms with Gasteiger partial charge in [-0.1, -0.05) is 135 Å². The zero-order chi connectivity index (χ0) is 35.6. The fourth-order valence-corrected chi connectivity index (χ4v) is 6.01. The van der Waals surface area contributed by atoms with Crippen molar-refractivity contribution in [3.05, 3.63) is 12.2 Å². The number of esters is 2. The lowest BCUT2D eigenvalue weighted by molar-refractivity contribution is -0.153. The molecule has 3 unspecified atom stereocenters. The lowest BCUT2D eigenvalue weighted by atomic mass is 10.1. The second-order valence-electron chi connectivity index (χ2n) is 12.9. The van der Waals surface area contributed by atoms with E-state index in [4.69, 9.17) is 18.5 Å². The second kappa shape index (κ2) is 34.2. The summed E-state index contributed by atoms with van der Waals surface area (Å²) in [6, 6.07) is 0. The Kier molecular flexibility index (Phi) is 33.3. The number of hydrogen-bond donors (Lipinski definition) is 3.